The van der Waals surface area contributed by atoms with Crippen molar-refractivity contribution in [2.75, 3.05) is 13.2 Å². The summed E-state index contributed by atoms with van der Waals surface area (Å²) in [6.45, 7) is 1.91. The molecule has 11 heteroatoms. The van der Waals surface area contributed by atoms with Crippen LogP contribution >= 0.6 is 0 Å². The van der Waals surface area contributed by atoms with Crippen LogP contribution in [0.4, 0.5) is 13.2 Å². The van der Waals surface area contributed by atoms with Crippen LogP contribution in [0.1, 0.15) is 34.6 Å². The molecule has 0 spiro atoms. The third-order valence-corrected chi connectivity index (χ3v) is 4.52. The SMILES string of the molecule is CC(C)OCC(CN1C(=O)c2ccccc2C1=O)OS(=O)(=O)C(F)(F)F. The predicted octanol–water partition coefficient (Wildman–Crippen LogP) is 1.94. The zero-order valence-electron chi connectivity index (χ0n) is 13.8. The molecule has 144 valence electrons. The largest absolute Gasteiger partial charge is 0.523 e. The maximum Gasteiger partial charge on any atom is 0.523 e. The molecule has 0 saturated heterocycles. The molecule has 1 aromatic rings. The summed E-state index contributed by atoms with van der Waals surface area (Å²) >= 11 is 0. The van der Waals surface area contributed by atoms with E-state index in [1.54, 1.807) is 13.8 Å². The standard InChI is InChI=1S/C15H16F3NO6S/c1-9(2)24-8-10(25-26(22,23)15(16,17)18)7-19-13(20)11-5-3-4-6-12(11)14(19)21/h3-6,9-10H,7-8H2,1-2H3. The van der Waals surface area contributed by atoms with Gasteiger partial charge < -0.3 is 4.74 Å². The summed E-state index contributed by atoms with van der Waals surface area (Å²) in [5.74, 6) is -1.48. The van der Waals surface area contributed by atoms with Crippen LogP contribution in [0.25, 0.3) is 0 Å². The van der Waals surface area contributed by atoms with Crippen LogP contribution in [-0.2, 0) is 19.0 Å². The minimum atomic E-state index is -5.92. The molecule has 0 aliphatic carbocycles. The molecule has 1 atom stereocenters. The third-order valence-electron chi connectivity index (χ3n) is 3.43. The molecule has 0 bridgehead atoms. The molecule has 1 aliphatic rings. The fourth-order valence-electron chi connectivity index (χ4n) is 2.25. The fraction of sp³-hybridized carbons (Fsp3) is 0.467. The molecule has 2 rings (SSSR count). The molecule has 0 radical (unpaired) electrons. The highest BCUT2D eigenvalue weighted by molar-refractivity contribution is 7.87. The Labute approximate surface area is 147 Å². The Hall–Kier alpha value is -1.98. The third kappa shape index (κ3) is 4.22. The molecule has 2 amide bonds. The molecule has 0 fully saturated rings. The highest BCUT2D eigenvalue weighted by Crippen LogP contribution is 2.27. The lowest BCUT2D eigenvalue weighted by molar-refractivity contribution is -0.0633. The van der Waals surface area contributed by atoms with Crippen molar-refractivity contribution in [2.45, 2.75) is 31.6 Å². The van der Waals surface area contributed by atoms with Crippen molar-refractivity contribution in [1.29, 1.82) is 0 Å². The molecule has 1 unspecified atom stereocenters. The van der Waals surface area contributed by atoms with Crippen LogP contribution in [-0.4, -0.2) is 56.0 Å². The Morgan fingerprint density at radius 2 is 1.58 bits per heavy atom. The van der Waals surface area contributed by atoms with E-state index in [-0.39, 0.29) is 11.1 Å². The van der Waals surface area contributed by atoms with Gasteiger partial charge >= 0.3 is 15.6 Å². The quantitative estimate of drug-likeness (QED) is 0.398. The van der Waals surface area contributed by atoms with E-state index in [0.717, 1.165) is 0 Å². The second-order valence-corrected chi connectivity index (χ2v) is 7.33. The minimum absolute atomic E-state index is 0.0831. The number of nitrogens with zero attached hydrogens (tertiary/aromatic N) is 1. The van der Waals surface area contributed by atoms with Crippen molar-refractivity contribution in [3.05, 3.63) is 35.4 Å². The van der Waals surface area contributed by atoms with Gasteiger partial charge in [-0.15, -0.1) is 0 Å². The highest BCUT2D eigenvalue weighted by Gasteiger charge is 2.49. The number of carbonyl (C=O) groups excluding carboxylic acids is 2. The lowest BCUT2D eigenvalue weighted by atomic mass is 10.1. The zero-order chi connectivity index (χ0) is 19.7. The van der Waals surface area contributed by atoms with E-state index < -0.39 is 52.8 Å². The second-order valence-electron chi connectivity index (χ2n) is 5.77. The number of halogens is 3. The first kappa shape index (κ1) is 20.3. The van der Waals surface area contributed by atoms with Crippen molar-refractivity contribution in [3.63, 3.8) is 0 Å². The molecule has 1 aliphatic heterocycles. The molecular weight excluding hydrogens is 379 g/mol. The number of amides is 2. The predicted molar refractivity (Wildman–Crippen MR) is 82.7 cm³/mol. The van der Waals surface area contributed by atoms with Gasteiger partial charge in [0.15, 0.2) is 0 Å². The van der Waals surface area contributed by atoms with Gasteiger partial charge in [-0.25, -0.2) is 0 Å². The number of ether oxygens (including phenoxy) is 1. The summed E-state index contributed by atoms with van der Waals surface area (Å²) in [6, 6.07) is 5.83. The van der Waals surface area contributed by atoms with Gasteiger partial charge in [0.25, 0.3) is 11.8 Å². The number of carbonyl (C=O) groups is 2. The number of imide groups is 1. The first-order valence-electron chi connectivity index (χ1n) is 7.50. The topological polar surface area (TPSA) is 90.0 Å². The van der Waals surface area contributed by atoms with Gasteiger partial charge in [0.2, 0.25) is 0 Å². The molecular formula is C15H16F3NO6S. The van der Waals surface area contributed by atoms with Crippen LogP contribution in [0.2, 0.25) is 0 Å². The van der Waals surface area contributed by atoms with E-state index in [4.69, 9.17) is 4.74 Å². The number of benzene rings is 1. The molecule has 0 aromatic heterocycles. The number of alkyl halides is 3. The van der Waals surface area contributed by atoms with E-state index in [0.29, 0.717) is 4.90 Å². The maximum atomic E-state index is 12.6. The van der Waals surface area contributed by atoms with Gasteiger partial charge in [0.05, 0.1) is 30.4 Å². The van der Waals surface area contributed by atoms with Gasteiger partial charge in [0.1, 0.15) is 6.10 Å². The first-order chi connectivity index (χ1) is 11.9. The van der Waals surface area contributed by atoms with E-state index in [9.17, 15) is 31.2 Å². The maximum absolute atomic E-state index is 12.6. The van der Waals surface area contributed by atoms with Crippen molar-refractivity contribution < 1.29 is 40.1 Å². The minimum Gasteiger partial charge on any atom is -0.376 e. The number of hydrogen-bond acceptors (Lipinski definition) is 6. The number of hydrogen-bond donors (Lipinski definition) is 0. The number of fused-ring (bicyclic) bond motifs is 1. The van der Waals surface area contributed by atoms with Crippen LogP contribution in [0.5, 0.6) is 0 Å². The second kappa shape index (κ2) is 7.33. The van der Waals surface area contributed by atoms with Gasteiger partial charge in [-0.1, -0.05) is 12.1 Å². The Morgan fingerprint density at radius 3 is 2.00 bits per heavy atom. The summed E-state index contributed by atoms with van der Waals surface area (Å²) in [4.78, 5) is 25.2. The zero-order valence-corrected chi connectivity index (χ0v) is 14.6. The average Bonchev–Trinajstić information content (AvgIpc) is 2.76. The lowest BCUT2D eigenvalue weighted by Gasteiger charge is -2.23. The van der Waals surface area contributed by atoms with Crippen LogP contribution < -0.4 is 0 Å². The van der Waals surface area contributed by atoms with E-state index >= 15 is 0 Å². The van der Waals surface area contributed by atoms with Gasteiger partial charge in [-0.2, -0.15) is 21.6 Å². The smallest absolute Gasteiger partial charge is 0.376 e. The van der Waals surface area contributed by atoms with Crippen LogP contribution in [0, 0.1) is 0 Å². The normalized spacial score (nSPS) is 16.3. The Balaban J connectivity index is 2.22. The van der Waals surface area contributed by atoms with Crippen molar-refractivity contribution in [3.8, 4) is 0 Å². The fourth-order valence-corrected chi connectivity index (χ4v) is 2.84. The van der Waals surface area contributed by atoms with Gasteiger partial charge in [-0.3, -0.25) is 18.7 Å². The first-order valence-corrected chi connectivity index (χ1v) is 8.91. The molecule has 7 nitrogen and oxygen atoms in total. The highest BCUT2D eigenvalue weighted by atomic mass is 32.2. The van der Waals surface area contributed by atoms with Gasteiger partial charge in [0, 0.05) is 0 Å². The summed E-state index contributed by atoms with van der Waals surface area (Å²) in [6.07, 6.45) is -2.14. The van der Waals surface area contributed by atoms with E-state index in [1.807, 2.05) is 0 Å². The monoisotopic (exact) mass is 395 g/mol. The van der Waals surface area contributed by atoms with Crippen molar-refractivity contribution in [2.24, 2.45) is 0 Å². The van der Waals surface area contributed by atoms with Gasteiger partial charge in [-0.05, 0) is 26.0 Å². The lowest BCUT2D eigenvalue weighted by Crippen LogP contribution is -2.43. The van der Waals surface area contributed by atoms with Crippen molar-refractivity contribution in [1.82, 2.24) is 4.90 Å². The van der Waals surface area contributed by atoms with Crippen LogP contribution in [0.15, 0.2) is 24.3 Å². The number of rotatable bonds is 7. The van der Waals surface area contributed by atoms with Crippen molar-refractivity contribution >= 4 is 21.9 Å². The molecule has 1 aromatic carbocycles. The van der Waals surface area contributed by atoms with Crippen LogP contribution in [0.3, 0.4) is 0 Å². The molecule has 0 saturated carbocycles. The Bertz CT molecular complexity index is 771. The molecule has 1 heterocycles. The van der Waals surface area contributed by atoms with E-state index in [2.05, 4.69) is 4.18 Å². The summed E-state index contributed by atoms with van der Waals surface area (Å²) in [7, 11) is -5.92. The summed E-state index contributed by atoms with van der Waals surface area (Å²) in [5, 5.41) is 0. The van der Waals surface area contributed by atoms with E-state index in [1.165, 1.54) is 24.3 Å². The molecule has 0 N–H and O–H groups in total. The summed E-state index contributed by atoms with van der Waals surface area (Å²) in [5.41, 5.74) is -5.47. The Morgan fingerprint density at radius 1 is 1.08 bits per heavy atom. The molecule has 26 heavy (non-hydrogen) atoms. The average molecular weight is 395 g/mol. The Kier molecular flexibility index (Phi) is 5.73. The summed E-state index contributed by atoms with van der Waals surface area (Å²) < 4.78 is 69.6.